The largest absolute Gasteiger partial charge is 0.463 e. The zero-order valence-electron chi connectivity index (χ0n) is 13.6. The summed E-state index contributed by atoms with van der Waals surface area (Å²) in [6, 6.07) is 6.56. The monoisotopic (exact) mass is 410 g/mol. The predicted molar refractivity (Wildman–Crippen MR) is 103 cm³/mol. The van der Waals surface area contributed by atoms with E-state index in [2.05, 4.69) is 0 Å². The summed E-state index contributed by atoms with van der Waals surface area (Å²) >= 11 is 18.3. The Labute approximate surface area is 165 Å². The first-order chi connectivity index (χ1) is 12.5. The molecule has 26 heavy (non-hydrogen) atoms. The molecule has 0 amide bonds. The summed E-state index contributed by atoms with van der Waals surface area (Å²) < 4.78 is 16.4. The number of carbonyl (C=O) groups excluding carboxylic acids is 1. The number of allylic oxidation sites excluding steroid dienone is 2. The van der Waals surface area contributed by atoms with Crippen molar-refractivity contribution in [3.8, 4) is 23.0 Å². The first-order valence-electron chi connectivity index (χ1n) is 7.67. The van der Waals surface area contributed by atoms with Crippen LogP contribution in [0.15, 0.2) is 42.5 Å². The Balaban J connectivity index is 1.82. The van der Waals surface area contributed by atoms with Gasteiger partial charge in [-0.25, -0.2) is 4.79 Å². The highest BCUT2D eigenvalue weighted by Gasteiger charge is 2.21. The van der Waals surface area contributed by atoms with Crippen molar-refractivity contribution in [1.29, 1.82) is 0 Å². The highest BCUT2D eigenvalue weighted by molar-refractivity contribution is 6.42. The maximum atomic E-state index is 11.3. The summed E-state index contributed by atoms with van der Waals surface area (Å²) in [5, 5.41) is 1.21. The lowest BCUT2D eigenvalue weighted by atomic mass is 10.1. The van der Waals surface area contributed by atoms with Gasteiger partial charge in [-0.2, -0.15) is 0 Å². The van der Waals surface area contributed by atoms with Crippen molar-refractivity contribution < 1.29 is 19.0 Å². The average molecular weight is 412 g/mol. The predicted octanol–water partition coefficient (Wildman–Crippen LogP) is 6.68. The van der Waals surface area contributed by atoms with Crippen molar-refractivity contribution in [1.82, 2.24) is 0 Å². The summed E-state index contributed by atoms with van der Waals surface area (Å²) in [4.78, 5) is 11.3. The van der Waals surface area contributed by atoms with Crippen LogP contribution in [-0.4, -0.2) is 12.6 Å². The topological polar surface area (TPSA) is 44.8 Å². The Kier molecular flexibility index (Phi) is 5.77. The SMILES string of the molecule is CCOC(=O)/C=C/C=C/c1cc2c(cc1Cl)Oc1cc(Cl)c(Cl)cc1O2. The zero-order valence-corrected chi connectivity index (χ0v) is 15.9. The van der Waals surface area contributed by atoms with Crippen LogP contribution in [-0.2, 0) is 9.53 Å². The average Bonchev–Trinajstić information content (AvgIpc) is 2.59. The van der Waals surface area contributed by atoms with Gasteiger partial charge in [-0.15, -0.1) is 0 Å². The second kappa shape index (κ2) is 8.04. The molecule has 0 radical (unpaired) electrons. The third-order valence-electron chi connectivity index (χ3n) is 3.40. The lowest BCUT2D eigenvalue weighted by molar-refractivity contribution is -0.137. The fourth-order valence-electron chi connectivity index (χ4n) is 2.23. The fraction of sp³-hybridized carbons (Fsp3) is 0.105. The summed E-state index contributed by atoms with van der Waals surface area (Å²) in [5.74, 6) is 1.49. The minimum absolute atomic E-state index is 0.331. The molecule has 2 aromatic carbocycles. The molecule has 0 spiro atoms. The van der Waals surface area contributed by atoms with E-state index in [0.29, 0.717) is 50.2 Å². The van der Waals surface area contributed by atoms with Crippen LogP contribution in [0.1, 0.15) is 12.5 Å². The van der Waals surface area contributed by atoms with Crippen LogP contribution >= 0.6 is 34.8 Å². The van der Waals surface area contributed by atoms with Crippen molar-refractivity contribution in [2.24, 2.45) is 0 Å². The van der Waals surface area contributed by atoms with Crippen LogP contribution in [0.5, 0.6) is 23.0 Å². The lowest BCUT2D eigenvalue weighted by Crippen LogP contribution is -1.99. The summed E-state index contributed by atoms with van der Waals surface area (Å²) in [6.45, 7) is 2.08. The van der Waals surface area contributed by atoms with Gasteiger partial charge in [0.15, 0.2) is 23.0 Å². The Hall–Kier alpha value is -2.14. The van der Waals surface area contributed by atoms with E-state index in [4.69, 9.17) is 49.0 Å². The summed E-state index contributed by atoms with van der Waals surface area (Å²) in [7, 11) is 0. The number of fused-ring (bicyclic) bond motifs is 2. The van der Waals surface area contributed by atoms with Gasteiger partial charge >= 0.3 is 5.97 Å². The van der Waals surface area contributed by atoms with Gasteiger partial charge in [-0.1, -0.05) is 53.0 Å². The molecule has 0 aliphatic carbocycles. The van der Waals surface area contributed by atoms with Gasteiger partial charge in [0.1, 0.15) is 0 Å². The number of ether oxygens (including phenoxy) is 3. The second-order valence-corrected chi connectivity index (χ2v) is 6.43. The molecule has 0 N–H and O–H groups in total. The van der Waals surface area contributed by atoms with Crippen LogP contribution in [0.3, 0.4) is 0 Å². The normalized spacial score (nSPS) is 12.5. The van der Waals surface area contributed by atoms with Crippen LogP contribution in [0.4, 0.5) is 0 Å². The number of benzene rings is 2. The molecule has 0 saturated heterocycles. The third-order valence-corrected chi connectivity index (χ3v) is 4.44. The highest BCUT2D eigenvalue weighted by Crippen LogP contribution is 2.49. The molecule has 0 aromatic heterocycles. The Morgan fingerprint density at radius 3 is 2.04 bits per heavy atom. The van der Waals surface area contributed by atoms with E-state index in [1.54, 1.807) is 49.4 Å². The molecule has 3 rings (SSSR count). The molecule has 0 atom stereocenters. The molecule has 0 fully saturated rings. The van der Waals surface area contributed by atoms with E-state index in [0.717, 1.165) is 0 Å². The molecule has 0 unspecified atom stereocenters. The van der Waals surface area contributed by atoms with Gasteiger partial charge < -0.3 is 14.2 Å². The van der Waals surface area contributed by atoms with E-state index >= 15 is 0 Å². The van der Waals surface area contributed by atoms with Crippen LogP contribution in [0.2, 0.25) is 15.1 Å². The van der Waals surface area contributed by atoms with Crippen molar-refractivity contribution >= 4 is 46.8 Å². The Morgan fingerprint density at radius 1 is 0.923 bits per heavy atom. The van der Waals surface area contributed by atoms with E-state index in [1.165, 1.54) is 6.08 Å². The molecular formula is C19H13Cl3O4. The molecule has 7 heteroatoms. The first kappa shape index (κ1) is 18.6. The van der Waals surface area contributed by atoms with Gasteiger partial charge in [-0.05, 0) is 18.6 Å². The first-order valence-corrected chi connectivity index (χ1v) is 8.81. The number of hydrogen-bond donors (Lipinski definition) is 0. The number of carbonyl (C=O) groups is 1. The van der Waals surface area contributed by atoms with Gasteiger partial charge in [0.05, 0.1) is 21.7 Å². The summed E-state index contributed by atoms with van der Waals surface area (Å²) in [6.07, 6.45) is 6.32. The van der Waals surface area contributed by atoms with Crippen molar-refractivity contribution in [2.45, 2.75) is 6.92 Å². The molecule has 0 saturated carbocycles. The fourth-order valence-corrected chi connectivity index (χ4v) is 2.75. The molecule has 4 nitrogen and oxygen atoms in total. The van der Waals surface area contributed by atoms with Crippen molar-refractivity contribution in [3.63, 3.8) is 0 Å². The molecule has 1 aliphatic heterocycles. The van der Waals surface area contributed by atoms with E-state index < -0.39 is 5.97 Å². The van der Waals surface area contributed by atoms with Crippen molar-refractivity contribution in [2.75, 3.05) is 6.61 Å². The lowest BCUT2D eigenvalue weighted by Gasteiger charge is -2.21. The molecular weight excluding hydrogens is 399 g/mol. The Bertz CT molecular complexity index is 919. The smallest absolute Gasteiger partial charge is 0.330 e. The maximum Gasteiger partial charge on any atom is 0.330 e. The van der Waals surface area contributed by atoms with Gasteiger partial charge in [0.25, 0.3) is 0 Å². The zero-order chi connectivity index (χ0) is 18.7. The van der Waals surface area contributed by atoms with Crippen LogP contribution in [0.25, 0.3) is 6.08 Å². The van der Waals surface area contributed by atoms with E-state index in [9.17, 15) is 4.79 Å². The minimum Gasteiger partial charge on any atom is -0.463 e. The third kappa shape index (κ3) is 4.15. The van der Waals surface area contributed by atoms with Crippen molar-refractivity contribution in [3.05, 3.63) is 63.1 Å². The molecule has 1 aliphatic rings. The van der Waals surface area contributed by atoms with Crippen LogP contribution < -0.4 is 9.47 Å². The Morgan fingerprint density at radius 2 is 1.46 bits per heavy atom. The quantitative estimate of drug-likeness (QED) is 0.273. The minimum atomic E-state index is -0.405. The number of rotatable bonds is 4. The number of hydrogen-bond acceptors (Lipinski definition) is 4. The summed E-state index contributed by atoms with van der Waals surface area (Å²) in [5.41, 5.74) is 0.700. The van der Waals surface area contributed by atoms with E-state index in [1.807, 2.05) is 0 Å². The van der Waals surface area contributed by atoms with Gasteiger partial charge in [0, 0.05) is 24.3 Å². The van der Waals surface area contributed by atoms with Gasteiger partial charge in [0.2, 0.25) is 0 Å². The number of halogens is 3. The molecule has 0 bridgehead atoms. The second-order valence-electron chi connectivity index (χ2n) is 5.21. The standard InChI is InChI=1S/C19H13Cl3O4/c1-2-24-19(23)6-4-3-5-11-7-15-16(8-12(11)20)26-18-10-14(22)13(21)9-17(18)25-15/h3-10H,2H2,1H3/b5-3+,6-4+. The molecule has 2 aromatic rings. The maximum absolute atomic E-state index is 11.3. The van der Waals surface area contributed by atoms with E-state index in [-0.39, 0.29) is 0 Å². The highest BCUT2D eigenvalue weighted by atomic mass is 35.5. The van der Waals surface area contributed by atoms with Gasteiger partial charge in [-0.3, -0.25) is 0 Å². The molecule has 134 valence electrons. The number of esters is 1. The van der Waals surface area contributed by atoms with Crippen LogP contribution in [0, 0.1) is 0 Å². The molecule has 1 heterocycles.